The summed E-state index contributed by atoms with van der Waals surface area (Å²) in [5.74, 6) is 0.528. The molecule has 0 aliphatic heterocycles. The zero-order valence-corrected chi connectivity index (χ0v) is 13.4. The number of aliphatic hydroxyl groups excluding tert-OH is 1. The van der Waals surface area contributed by atoms with E-state index >= 15 is 0 Å². The van der Waals surface area contributed by atoms with Gasteiger partial charge in [0.1, 0.15) is 10.3 Å². The number of rotatable bonds is 2. The number of hydrogen-bond acceptors (Lipinski definition) is 3. The van der Waals surface area contributed by atoms with Crippen LogP contribution in [0.15, 0.2) is 60.7 Å². The maximum absolute atomic E-state index is 7.00. The van der Waals surface area contributed by atoms with Gasteiger partial charge in [-0.15, -0.1) is 0 Å². The van der Waals surface area contributed by atoms with Gasteiger partial charge in [0.25, 0.3) is 0 Å². The minimum absolute atomic E-state index is 0.357. The molecular formula is C17H14Cl2N2O. The summed E-state index contributed by atoms with van der Waals surface area (Å²) < 4.78 is 0. The third kappa shape index (κ3) is 3.63. The van der Waals surface area contributed by atoms with Gasteiger partial charge in [-0.3, -0.25) is 0 Å². The summed E-state index contributed by atoms with van der Waals surface area (Å²) in [6.45, 7) is 0. The Balaban J connectivity index is 0.000000847. The number of hydrogen-bond donors (Lipinski definition) is 1. The molecule has 1 aromatic heterocycles. The van der Waals surface area contributed by atoms with E-state index < -0.39 is 0 Å². The standard InChI is InChI=1S/C16H10Cl2N2.CH4O/c17-14-13(11-7-3-1-4-8-11)15(18)20-16(19-14)12-9-5-2-6-10-12;1-2/h1-10H;2H,1H3. The molecule has 1 N–H and O–H groups in total. The van der Waals surface area contributed by atoms with E-state index in [9.17, 15) is 0 Å². The van der Waals surface area contributed by atoms with Crippen LogP contribution >= 0.6 is 23.2 Å². The van der Waals surface area contributed by atoms with Gasteiger partial charge >= 0.3 is 0 Å². The molecule has 0 bridgehead atoms. The quantitative estimate of drug-likeness (QED) is 0.690. The van der Waals surface area contributed by atoms with E-state index in [0.717, 1.165) is 18.2 Å². The minimum Gasteiger partial charge on any atom is -0.400 e. The van der Waals surface area contributed by atoms with E-state index in [0.29, 0.717) is 21.7 Å². The van der Waals surface area contributed by atoms with Crippen molar-refractivity contribution in [2.45, 2.75) is 0 Å². The van der Waals surface area contributed by atoms with Crippen molar-refractivity contribution < 1.29 is 5.11 Å². The Kier molecular flexibility index (Phi) is 5.90. The van der Waals surface area contributed by atoms with E-state index in [-0.39, 0.29) is 0 Å². The van der Waals surface area contributed by atoms with Gasteiger partial charge in [-0.1, -0.05) is 83.9 Å². The van der Waals surface area contributed by atoms with Crippen molar-refractivity contribution in [1.82, 2.24) is 9.97 Å². The topological polar surface area (TPSA) is 46.0 Å². The fourth-order valence-corrected chi connectivity index (χ4v) is 2.57. The van der Waals surface area contributed by atoms with Crippen molar-refractivity contribution in [3.05, 3.63) is 71.0 Å². The van der Waals surface area contributed by atoms with Crippen molar-refractivity contribution in [2.75, 3.05) is 7.11 Å². The number of benzene rings is 2. The second-order valence-corrected chi connectivity index (χ2v) is 4.95. The van der Waals surface area contributed by atoms with Crippen LogP contribution in [0.25, 0.3) is 22.5 Å². The zero-order chi connectivity index (χ0) is 15.9. The summed E-state index contributed by atoms with van der Waals surface area (Å²) in [7, 11) is 1.00. The summed E-state index contributed by atoms with van der Waals surface area (Å²) in [5.41, 5.74) is 2.45. The first-order valence-electron chi connectivity index (χ1n) is 6.54. The number of nitrogens with zero attached hydrogens (tertiary/aromatic N) is 2. The predicted molar refractivity (Wildman–Crippen MR) is 91.1 cm³/mol. The number of halogens is 2. The number of aromatic nitrogens is 2. The summed E-state index contributed by atoms with van der Waals surface area (Å²) in [5, 5.41) is 7.71. The summed E-state index contributed by atoms with van der Waals surface area (Å²) in [6.07, 6.45) is 0. The lowest BCUT2D eigenvalue weighted by Gasteiger charge is -2.08. The van der Waals surface area contributed by atoms with Gasteiger partial charge in [0.05, 0.1) is 5.56 Å². The van der Waals surface area contributed by atoms with Crippen molar-refractivity contribution in [1.29, 1.82) is 0 Å². The fraction of sp³-hybridized carbons (Fsp3) is 0.0588. The maximum Gasteiger partial charge on any atom is 0.162 e. The molecule has 0 radical (unpaired) electrons. The van der Waals surface area contributed by atoms with Crippen molar-refractivity contribution in [3.63, 3.8) is 0 Å². The molecule has 0 atom stereocenters. The summed E-state index contributed by atoms with van der Waals surface area (Å²) in [4.78, 5) is 8.70. The lowest BCUT2D eigenvalue weighted by molar-refractivity contribution is 0.399. The van der Waals surface area contributed by atoms with Gasteiger partial charge in [0.2, 0.25) is 0 Å². The Labute approximate surface area is 139 Å². The predicted octanol–water partition coefficient (Wildman–Crippen LogP) is 4.73. The van der Waals surface area contributed by atoms with Crippen LogP contribution < -0.4 is 0 Å². The molecule has 1 heterocycles. The van der Waals surface area contributed by atoms with Crippen LogP contribution in [0, 0.1) is 0 Å². The normalized spacial score (nSPS) is 9.82. The monoisotopic (exact) mass is 332 g/mol. The Morgan fingerprint density at radius 1 is 0.682 bits per heavy atom. The first-order valence-corrected chi connectivity index (χ1v) is 7.30. The summed E-state index contributed by atoms with van der Waals surface area (Å²) in [6, 6.07) is 19.3. The third-order valence-corrected chi connectivity index (χ3v) is 3.46. The van der Waals surface area contributed by atoms with Gasteiger partial charge < -0.3 is 5.11 Å². The molecule has 0 aliphatic carbocycles. The highest BCUT2D eigenvalue weighted by Gasteiger charge is 2.14. The molecule has 22 heavy (non-hydrogen) atoms. The van der Waals surface area contributed by atoms with Crippen LogP contribution in [0.2, 0.25) is 10.3 Å². The Morgan fingerprint density at radius 2 is 1.09 bits per heavy atom. The highest BCUT2D eigenvalue weighted by Crippen LogP contribution is 2.33. The molecule has 0 fully saturated rings. The average Bonchev–Trinajstić information content (AvgIpc) is 2.58. The number of aliphatic hydroxyl groups is 1. The van der Waals surface area contributed by atoms with E-state index in [2.05, 4.69) is 9.97 Å². The van der Waals surface area contributed by atoms with Gasteiger partial charge in [-0.25, -0.2) is 9.97 Å². The molecule has 3 rings (SSSR count). The van der Waals surface area contributed by atoms with Crippen molar-refractivity contribution in [3.8, 4) is 22.5 Å². The molecule has 0 saturated heterocycles. The lowest BCUT2D eigenvalue weighted by atomic mass is 10.1. The molecular weight excluding hydrogens is 319 g/mol. The molecule has 3 nitrogen and oxygen atoms in total. The molecule has 2 aromatic carbocycles. The minimum atomic E-state index is 0.357. The highest BCUT2D eigenvalue weighted by molar-refractivity contribution is 6.37. The van der Waals surface area contributed by atoms with E-state index in [1.807, 2.05) is 60.7 Å². The first-order chi connectivity index (χ1) is 10.8. The largest absolute Gasteiger partial charge is 0.400 e. The maximum atomic E-state index is 7.00. The second kappa shape index (κ2) is 7.90. The molecule has 0 aliphatic rings. The molecule has 5 heteroatoms. The smallest absolute Gasteiger partial charge is 0.162 e. The van der Waals surface area contributed by atoms with Gasteiger partial charge in [-0.2, -0.15) is 0 Å². The molecule has 0 unspecified atom stereocenters. The van der Waals surface area contributed by atoms with E-state index in [4.69, 9.17) is 28.3 Å². The SMILES string of the molecule is CO.Clc1nc(-c2ccccc2)nc(Cl)c1-c1ccccc1. The highest BCUT2D eigenvalue weighted by atomic mass is 35.5. The lowest BCUT2D eigenvalue weighted by Crippen LogP contribution is -1.94. The molecule has 3 aromatic rings. The first kappa shape index (κ1) is 16.4. The van der Waals surface area contributed by atoms with Crippen LogP contribution in [0.1, 0.15) is 0 Å². The van der Waals surface area contributed by atoms with Crippen LogP contribution in [-0.2, 0) is 0 Å². The van der Waals surface area contributed by atoms with Crippen molar-refractivity contribution in [2.24, 2.45) is 0 Å². The molecule has 0 saturated carbocycles. The third-order valence-electron chi connectivity index (χ3n) is 2.92. The average molecular weight is 333 g/mol. The summed E-state index contributed by atoms with van der Waals surface area (Å²) >= 11 is 12.6. The second-order valence-electron chi connectivity index (χ2n) is 4.24. The molecule has 0 spiro atoms. The van der Waals surface area contributed by atoms with E-state index in [1.165, 1.54) is 0 Å². The van der Waals surface area contributed by atoms with Crippen LogP contribution in [0.5, 0.6) is 0 Å². The van der Waals surface area contributed by atoms with Gasteiger partial charge in [-0.05, 0) is 5.56 Å². The van der Waals surface area contributed by atoms with Crippen LogP contribution in [0.4, 0.5) is 0 Å². The van der Waals surface area contributed by atoms with Gasteiger partial charge in [0.15, 0.2) is 5.82 Å². The Bertz CT molecular complexity index is 711. The van der Waals surface area contributed by atoms with Crippen LogP contribution in [-0.4, -0.2) is 22.2 Å². The van der Waals surface area contributed by atoms with Gasteiger partial charge in [0, 0.05) is 12.7 Å². The Morgan fingerprint density at radius 3 is 1.55 bits per heavy atom. The Hall–Kier alpha value is -1.94. The van der Waals surface area contributed by atoms with E-state index in [1.54, 1.807) is 0 Å². The molecule has 0 amide bonds. The molecule has 112 valence electrons. The zero-order valence-electron chi connectivity index (χ0n) is 11.9. The van der Waals surface area contributed by atoms with Crippen molar-refractivity contribution >= 4 is 23.2 Å². The van der Waals surface area contributed by atoms with Crippen LogP contribution in [0.3, 0.4) is 0 Å². The fourth-order valence-electron chi connectivity index (χ4n) is 1.97.